The van der Waals surface area contributed by atoms with Crippen LogP contribution >= 0.6 is 0 Å². The second-order valence-corrected chi connectivity index (χ2v) is 4.79. The molecule has 0 spiro atoms. The average Bonchev–Trinajstić information content (AvgIpc) is 2.76. The number of nitrogens with zero attached hydrogens (tertiary/aromatic N) is 3. The molecule has 1 aliphatic heterocycles. The number of hydrogen-bond acceptors (Lipinski definition) is 6. The van der Waals surface area contributed by atoms with Gasteiger partial charge in [0.1, 0.15) is 5.69 Å². The maximum atomic E-state index is 11.2. The molecular weight excluding hydrogens is 266 g/mol. The zero-order valence-corrected chi connectivity index (χ0v) is 11.6. The zero-order chi connectivity index (χ0) is 14.7. The van der Waals surface area contributed by atoms with Gasteiger partial charge in [0.25, 0.3) is 0 Å². The molecule has 2 unspecified atom stereocenters. The molecule has 8 nitrogen and oxygen atoms in total. The predicted molar refractivity (Wildman–Crippen MR) is 69.6 cm³/mol. The summed E-state index contributed by atoms with van der Waals surface area (Å²) in [4.78, 5) is 10.6. The minimum absolute atomic E-state index is 0.0291. The van der Waals surface area contributed by atoms with E-state index in [0.29, 0.717) is 25.3 Å². The van der Waals surface area contributed by atoms with Gasteiger partial charge in [0.15, 0.2) is 6.29 Å². The summed E-state index contributed by atoms with van der Waals surface area (Å²) in [5, 5.41) is 24.8. The maximum Gasteiger partial charge on any atom is 0.353 e. The molecule has 1 aromatic rings. The molecule has 1 N–H and O–H groups in total. The zero-order valence-electron chi connectivity index (χ0n) is 11.6. The summed E-state index contributed by atoms with van der Waals surface area (Å²) in [5.41, 5.74) is 0.229. The van der Waals surface area contributed by atoms with Gasteiger partial charge in [-0.25, -0.2) is 0 Å². The van der Waals surface area contributed by atoms with Crippen molar-refractivity contribution in [3.63, 3.8) is 0 Å². The van der Waals surface area contributed by atoms with Gasteiger partial charge in [-0.15, -0.1) is 5.10 Å². The fraction of sp³-hybridized carbons (Fsp3) is 0.750. The maximum absolute atomic E-state index is 11.2. The van der Waals surface area contributed by atoms with Gasteiger partial charge in [0.05, 0.1) is 17.6 Å². The molecule has 0 radical (unpaired) electrons. The fourth-order valence-electron chi connectivity index (χ4n) is 2.26. The lowest BCUT2D eigenvalue weighted by Crippen LogP contribution is -2.23. The third kappa shape index (κ3) is 2.91. The van der Waals surface area contributed by atoms with E-state index in [2.05, 4.69) is 5.10 Å². The van der Waals surface area contributed by atoms with Gasteiger partial charge in [0, 0.05) is 13.0 Å². The number of hydrogen-bond donors (Lipinski definition) is 1. The number of aromatic nitrogens is 2. The van der Waals surface area contributed by atoms with Gasteiger partial charge in [0.2, 0.25) is 0 Å². The molecule has 2 heterocycles. The topological polar surface area (TPSA) is 99.7 Å². The van der Waals surface area contributed by atoms with Crippen molar-refractivity contribution in [3.05, 3.63) is 15.8 Å². The van der Waals surface area contributed by atoms with Crippen LogP contribution < -0.4 is 4.74 Å². The molecular formula is C12H19N3O5. The number of ether oxygens (including phenoxy) is 2. The number of rotatable bonds is 5. The van der Waals surface area contributed by atoms with E-state index in [1.165, 1.54) is 0 Å². The van der Waals surface area contributed by atoms with Crippen molar-refractivity contribution in [2.24, 2.45) is 0 Å². The van der Waals surface area contributed by atoms with Gasteiger partial charge in [-0.3, -0.25) is 14.8 Å². The highest BCUT2D eigenvalue weighted by molar-refractivity contribution is 5.45. The summed E-state index contributed by atoms with van der Waals surface area (Å²) in [6.45, 7) is 4.53. The molecule has 1 fully saturated rings. The minimum atomic E-state index is -1.10. The first kappa shape index (κ1) is 14.7. The molecule has 0 aromatic carbocycles. The summed E-state index contributed by atoms with van der Waals surface area (Å²) in [6.07, 6.45) is 0.982. The Morgan fingerprint density at radius 3 is 3.00 bits per heavy atom. The summed E-state index contributed by atoms with van der Waals surface area (Å²) >= 11 is 0. The summed E-state index contributed by atoms with van der Waals surface area (Å²) in [5.74, 6) is -0.132. The molecule has 20 heavy (non-hydrogen) atoms. The monoisotopic (exact) mass is 285 g/mol. The van der Waals surface area contributed by atoms with Gasteiger partial charge in [-0.05, 0) is 19.8 Å². The van der Waals surface area contributed by atoms with E-state index < -0.39 is 11.2 Å². The Hall–Kier alpha value is -1.67. The first-order valence-electron chi connectivity index (χ1n) is 6.70. The molecule has 112 valence electrons. The van der Waals surface area contributed by atoms with Gasteiger partial charge in [-0.2, -0.15) is 0 Å². The summed E-state index contributed by atoms with van der Waals surface area (Å²) in [6, 6.07) is -0.0291. The lowest BCUT2D eigenvalue weighted by Gasteiger charge is -2.22. The molecule has 1 aromatic heterocycles. The van der Waals surface area contributed by atoms with Gasteiger partial charge >= 0.3 is 11.6 Å². The van der Waals surface area contributed by atoms with Crippen LogP contribution in [0.1, 0.15) is 37.9 Å². The van der Waals surface area contributed by atoms with Crippen LogP contribution in [-0.4, -0.2) is 39.3 Å². The number of aliphatic hydroxyl groups excluding tert-OH is 1. The molecule has 0 saturated carbocycles. The Labute approximate surface area is 116 Å². The Morgan fingerprint density at radius 1 is 1.70 bits per heavy atom. The van der Waals surface area contributed by atoms with Gasteiger partial charge in [-0.1, -0.05) is 6.92 Å². The first-order valence-corrected chi connectivity index (χ1v) is 6.70. The van der Waals surface area contributed by atoms with E-state index in [0.717, 1.165) is 12.8 Å². The highest BCUT2D eigenvalue weighted by Gasteiger charge is 2.31. The fourth-order valence-corrected chi connectivity index (χ4v) is 2.26. The second-order valence-electron chi connectivity index (χ2n) is 4.79. The van der Waals surface area contributed by atoms with E-state index in [1.54, 1.807) is 18.5 Å². The van der Waals surface area contributed by atoms with Gasteiger partial charge < -0.3 is 14.6 Å². The van der Waals surface area contributed by atoms with Crippen LogP contribution in [0.3, 0.4) is 0 Å². The molecule has 2 atom stereocenters. The Balaban J connectivity index is 2.33. The third-order valence-electron chi connectivity index (χ3n) is 3.35. The molecule has 0 amide bonds. The average molecular weight is 285 g/mol. The third-order valence-corrected chi connectivity index (χ3v) is 3.35. The van der Waals surface area contributed by atoms with E-state index in [-0.39, 0.29) is 17.6 Å². The molecule has 0 bridgehead atoms. The van der Waals surface area contributed by atoms with Crippen molar-refractivity contribution in [1.82, 2.24) is 9.78 Å². The van der Waals surface area contributed by atoms with Crippen molar-refractivity contribution >= 4 is 5.69 Å². The van der Waals surface area contributed by atoms with Crippen molar-refractivity contribution in [1.29, 1.82) is 0 Å². The van der Waals surface area contributed by atoms with Crippen molar-refractivity contribution in [2.45, 2.75) is 45.4 Å². The van der Waals surface area contributed by atoms with Crippen LogP contribution in [0.5, 0.6) is 5.88 Å². The summed E-state index contributed by atoms with van der Waals surface area (Å²) in [7, 11) is 0. The molecule has 2 rings (SSSR count). The number of nitro groups is 1. The Kier molecular flexibility index (Phi) is 4.56. The molecule has 1 aliphatic rings. The predicted octanol–water partition coefficient (Wildman–Crippen LogP) is 1.56. The van der Waals surface area contributed by atoms with E-state index in [4.69, 9.17) is 9.47 Å². The lowest BCUT2D eigenvalue weighted by atomic mass is 10.1. The van der Waals surface area contributed by atoms with Crippen LogP contribution in [0.2, 0.25) is 0 Å². The van der Waals surface area contributed by atoms with Crippen LogP contribution in [0, 0.1) is 17.0 Å². The van der Waals surface area contributed by atoms with Crippen molar-refractivity contribution in [3.8, 4) is 5.88 Å². The molecule has 8 heteroatoms. The normalized spacial score (nSPS) is 20.6. The Morgan fingerprint density at radius 2 is 2.45 bits per heavy atom. The minimum Gasteiger partial charge on any atom is -0.442 e. The highest BCUT2D eigenvalue weighted by atomic mass is 16.6. The van der Waals surface area contributed by atoms with Crippen LogP contribution in [0.4, 0.5) is 5.69 Å². The van der Waals surface area contributed by atoms with E-state index >= 15 is 0 Å². The van der Waals surface area contributed by atoms with Crippen LogP contribution in [0.25, 0.3) is 0 Å². The standard InChI is InChI=1S/C12H19N3O5/c1-3-10(16)20-12-11(15(17)18)8(2)14(13-12)9-5-4-6-19-7-9/h9-10,16H,3-7H2,1-2H3. The second kappa shape index (κ2) is 6.19. The quantitative estimate of drug-likeness (QED) is 0.500. The Bertz CT molecular complexity index is 482. The SMILES string of the molecule is CCC(O)Oc1nn(C2CCCOC2)c(C)c1[N+](=O)[O-]. The van der Waals surface area contributed by atoms with Crippen molar-refractivity contribution in [2.75, 3.05) is 13.2 Å². The number of aliphatic hydroxyl groups is 1. The largest absolute Gasteiger partial charge is 0.442 e. The summed E-state index contributed by atoms with van der Waals surface area (Å²) < 4.78 is 12.1. The van der Waals surface area contributed by atoms with E-state index in [1.807, 2.05) is 0 Å². The molecule has 1 saturated heterocycles. The lowest BCUT2D eigenvalue weighted by molar-refractivity contribution is -0.387. The smallest absolute Gasteiger partial charge is 0.353 e. The van der Waals surface area contributed by atoms with E-state index in [9.17, 15) is 15.2 Å². The highest BCUT2D eigenvalue weighted by Crippen LogP contribution is 2.34. The van der Waals surface area contributed by atoms with Crippen LogP contribution in [0.15, 0.2) is 0 Å². The molecule has 0 aliphatic carbocycles. The van der Waals surface area contributed by atoms with Crippen LogP contribution in [-0.2, 0) is 4.74 Å². The van der Waals surface area contributed by atoms with Crippen molar-refractivity contribution < 1.29 is 19.5 Å². The first-order chi connectivity index (χ1) is 9.54.